The van der Waals surface area contributed by atoms with Crippen LogP contribution in [0.3, 0.4) is 0 Å². The third-order valence-electron chi connectivity index (χ3n) is 6.18. The van der Waals surface area contributed by atoms with E-state index in [4.69, 9.17) is 5.73 Å². The van der Waals surface area contributed by atoms with Gasteiger partial charge in [0, 0.05) is 5.69 Å². The predicted octanol–water partition coefficient (Wildman–Crippen LogP) is 3.10. The van der Waals surface area contributed by atoms with Crippen LogP contribution in [0.5, 0.6) is 0 Å². The van der Waals surface area contributed by atoms with Crippen LogP contribution < -0.4 is 5.73 Å². The quantitative estimate of drug-likeness (QED) is 0.857. The molecule has 0 aromatic carbocycles. The van der Waals surface area contributed by atoms with Crippen LogP contribution in [-0.2, 0) is 0 Å². The van der Waals surface area contributed by atoms with Gasteiger partial charge in [-0.25, -0.2) is 4.98 Å². The number of nitrogens with zero attached hydrogens (tertiary/aromatic N) is 1. The van der Waals surface area contributed by atoms with Crippen LogP contribution in [0.25, 0.3) is 0 Å². The van der Waals surface area contributed by atoms with Crippen molar-refractivity contribution in [3.63, 3.8) is 0 Å². The van der Waals surface area contributed by atoms with Crippen LogP contribution in [0.15, 0.2) is 0 Å². The molecule has 0 amide bonds. The topological polar surface area (TPSA) is 54.7 Å². The van der Waals surface area contributed by atoms with Gasteiger partial charge in [-0.15, -0.1) is 0 Å². The molecule has 0 saturated heterocycles. The summed E-state index contributed by atoms with van der Waals surface area (Å²) in [5.41, 5.74) is 8.89. The number of aryl methyl sites for hydroxylation is 2. The summed E-state index contributed by atoms with van der Waals surface area (Å²) in [5, 5.41) is 0. The lowest BCUT2D eigenvalue weighted by Crippen LogP contribution is -2.48. The largest absolute Gasteiger partial charge is 0.345 e. The van der Waals surface area contributed by atoms with E-state index in [1.54, 1.807) is 0 Å². The fraction of sp³-hybridized carbons (Fsp3) is 0.812. The van der Waals surface area contributed by atoms with Crippen molar-refractivity contribution < 1.29 is 0 Å². The van der Waals surface area contributed by atoms with Gasteiger partial charge in [-0.1, -0.05) is 0 Å². The molecule has 0 aliphatic heterocycles. The Morgan fingerprint density at radius 2 is 1.63 bits per heavy atom. The molecular weight excluding hydrogens is 234 g/mol. The van der Waals surface area contributed by atoms with E-state index in [0.29, 0.717) is 5.92 Å². The van der Waals surface area contributed by atoms with E-state index in [-0.39, 0.29) is 6.04 Å². The van der Waals surface area contributed by atoms with Gasteiger partial charge in [-0.2, -0.15) is 0 Å². The summed E-state index contributed by atoms with van der Waals surface area (Å²) >= 11 is 0. The molecule has 3 N–H and O–H groups in total. The van der Waals surface area contributed by atoms with Gasteiger partial charge in [0.25, 0.3) is 0 Å². The summed E-state index contributed by atoms with van der Waals surface area (Å²) in [7, 11) is 0. The summed E-state index contributed by atoms with van der Waals surface area (Å²) < 4.78 is 0. The average Bonchev–Trinajstić information content (AvgIpc) is 2.68. The SMILES string of the molecule is Cc1nc(C(N)C2C3CC4CC(C3)CC2C4)[nH]c1C. The molecule has 5 rings (SSSR count). The number of imidazole rings is 1. The summed E-state index contributed by atoms with van der Waals surface area (Å²) in [6.45, 7) is 4.16. The highest BCUT2D eigenvalue weighted by Gasteiger charge is 2.50. The first kappa shape index (κ1) is 12.0. The third kappa shape index (κ3) is 1.78. The normalized spacial score (nSPS) is 41.7. The van der Waals surface area contributed by atoms with Crippen LogP contribution in [0.1, 0.15) is 55.4 Å². The number of H-pyrrole nitrogens is 1. The van der Waals surface area contributed by atoms with Crippen molar-refractivity contribution in [1.29, 1.82) is 0 Å². The fourth-order valence-corrected chi connectivity index (χ4v) is 5.47. The Kier molecular flexibility index (Phi) is 2.57. The number of rotatable bonds is 2. The monoisotopic (exact) mass is 259 g/mol. The highest BCUT2D eigenvalue weighted by Crippen LogP contribution is 2.58. The first-order valence-electron chi connectivity index (χ1n) is 7.90. The maximum Gasteiger partial charge on any atom is 0.123 e. The Hall–Kier alpha value is -0.830. The number of aromatic nitrogens is 2. The van der Waals surface area contributed by atoms with E-state index in [9.17, 15) is 0 Å². The van der Waals surface area contributed by atoms with Gasteiger partial charge < -0.3 is 10.7 Å². The molecule has 4 aliphatic carbocycles. The second-order valence-corrected chi connectivity index (χ2v) is 7.37. The van der Waals surface area contributed by atoms with Crippen molar-refractivity contribution in [2.24, 2.45) is 35.3 Å². The minimum Gasteiger partial charge on any atom is -0.345 e. The summed E-state index contributed by atoms with van der Waals surface area (Å²) in [6.07, 6.45) is 7.25. The van der Waals surface area contributed by atoms with Gasteiger partial charge in [0.2, 0.25) is 0 Å². The summed E-state index contributed by atoms with van der Waals surface area (Å²) in [5.74, 6) is 5.50. The van der Waals surface area contributed by atoms with E-state index >= 15 is 0 Å². The molecule has 1 atom stereocenters. The molecule has 4 aliphatic rings. The second-order valence-electron chi connectivity index (χ2n) is 7.37. The minimum absolute atomic E-state index is 0.127. The van der Waals surface area contributed by atoms with Crippen molar-refractivity contribution in [2.75, 3.05) is 0 Å². The van der Waals surface area contributed by atoms with Crippen molar-refractivity contribution >= 4 is 0 Å². The molecule has 19 heavy (non-hydrogen) atoms. The van der Waals surface area contributed by atoms with E-state index in [1.165, 1.54) is 37.8 Å². The highest BCUT2D eigenvalue weighted by molar-refractivity contribution is 5.15. The Bertz CT molecular complexity index is 443. The molecule has 4 bridgehead atoms. The second kappa shape index (κ2) is 4.08. The molecule has 4 fully saturated rings. The maximum absolute atomic E-state index is 6.61. The number of hydrogen-bond acceptors (Lipinski definition) is 2. The molecule has 1 heterocycles. The molecule has 3 nitrogen and oxygen atoms in total. The zero-order valence-corrected chi connectivity index (χ0v) is 12.0. The fourth-order valence-electron chi connectivity index (χ4n) is 5.47. The summed E-state index contributed by atoms with van der Waals surface area (Å²) in [6, 6.07) is 0.127. The van der Waals surface area contributed by atoms with Gasteiger partial charge in [-0.05, 0) is 75.5 Å². The first-order valence-corrected chi connectivity index (χ1v) is 7.90. The molecule has 4 saturated carbocycles. The van der Waals surface area contributed by atoms with E-state index in [1.807, 2.05) is 0 Å². The van der Waals surface area contributed by atoms with Gasteiger partial charge >= 0.3 is 0 Å². The first-order chi connectivity index (χ1) is 9.11. The van der Waals surface area contributed by atoms with Gasteiger partial charge in [0.05, 0.1) is 11.7 Å². The number of hydrogen-bond donors (Lipinski definition) is 2. The molecule has 1 aromatic rings. The van der Waals surface area contributed by atoms with Crippen LogP contribution in [0, 0.1) is 43.4 Å². The maximum atomic E-state index is 6.61. The molecule has 104 valence electrons. The van der Waals surface area contributed by atoms with Crippen molar-refractivity contribution in [3.8, 4) is 0 Å². The third-order valence-corrected chi connectivity index (χ3v) is 6.18. The van der Waals surface area contributed by atoms with Crippen molar-refractivity contribution in [2.45, 2.75) is 52.0 Å². The summed E-state index contributed by atoms with van der Waals surface area (Å²) in [4.78, 5) is 8.08. The standard InChI is InChI=1S/C16H25N3/c1-8-9(2)19-16(18-8)15(17)14-12-4-10-3-11(6-12)7-13(14)5-10/h10-15H,3-7,17H2,1-2H3,(H,18,19). The number of nitrogens with two attached hydrogens (primary N) is 1. The Labute approximate surface area is 115 Å². The molecule has 3 heteroatoms. The van der Waals surface area contributed by atoms with Gasteiger partial charge in [-0.3, -0.25) is 0 Å². The van der Waals surface area contributed by atoms with Crippen LogP contribution in [0.4, 0.5) is 0 Å². The minimum atomic E-state index is 0.127. The Balaban J connectivity index is 1.61. The van der Waals surface area contributed by atoms with E-state index in [0.717, 1.165) is 35.2 Å². The lowest BCUT2D eigenvalue weighted by molar-refractivity contribution is -0.0481. The zero-order chi connectivity index (χ0) is 13.1. The molecule has 0 spiro atoms. The molecule has 1 unspecified atom stereocenters. The lowest BCUT2D eigenvalue weighted by Gasteiger charge is -2.55. The van der Waals surface area contributed by atoms with Crippen LogP contribution in [-0.4, -0.2) is 9.97 Å². The molecular formula is C16H25N3. The van der Waals surface area contributed by atoms with Crippen molar-refractivity contribution in [1.82, 2.24) is 9.97 Å². The van der Waals surface area contributed by atoms with Crippen LogP contribution in [0.2, 0.25) is 0 Å². The highest BCUT2D eigenvalue weighted by atomic mass is 15.0. The van der Waals surface area contributed by atoms with Gasteiger partial charge in [0.15, 0.2) is 0 Å². The Morgan fingerprint density at radius 3 is 2.11 bits per heavy atom. The molecule has 1 aromatic heterocycles. The molecule has 0 radical (unpaired) electrons. The number of aromatic amines is 1. The van der Waals surface area contributed by atoms with Crippen LogP contribution >= 0.6 is 0 Å². The number of nitrogens with one attached hydrogen (secondary N) is 1. The smallest absolute Gasteiger partial charge is 0.123 e. The Morgan fingerprint density at radius 1 is 1.05 bits per heavy atom. The van der Waals surface area contributed by atoms with Crippen molar-refractivity contribution in [3.05, 3.63) is 17.2 Å². The predicted molar refractivity (Wildman–Crippen MR) is 75.5 cm³/mol. The van der Waals surface area contributed by atoms with Gasteiger partial charge in [0.1, 0.15) is 5.82 Å². The zero-order valence-electron chi connectivity index (χ0n) is 12.0. The van der Waals surface area contributed by atoms with E-state index in [2.05, 4.69) is 23.8 Å². The average molecular weight is 259 g/mol. The lowest BCUT2D eigenvalue weighted by atomic mass is 9.50. The van der Waals surface area contributed by atoms with E-state index < -0.39 is 0 Å².